The van der Waals surface area contributed by atoms with E-state index in [9.17, 15) is 0 Å². The molecule has 2 aromatic heterocycles. The summed E-state index contributed by atoms with van der Waals surface area (Å²) in [6.07, 6.45) is 0. The lowest BCUT2D eigenvalue weighted by atomic mass is 10.2. The number of nitrogens with zero attached hydrogens (tertiary/aromatic N) is 4. The minimum Gasteiger partial charge on any atom is -0.497 e. The van der Waals surface area contributed by atoms with Crippen LogP contribution in [-0.4, -0.2) is 26.9 Å². The number of hydrogen-bond acceptors (Lipinski definition) is 6. The fourth-order valence-electron chi connectivity index (χ4n) is 2.26. The van der Waals surface area contributed by atoms with Crippen LogP contribution < -0.4 is 4.74 Å². The third-order valence-electron chi connectivity index (χ3n) is 3.50. The van der Waals surface area contributed by atoms with E-state index in [0.717, 1.165) is 32.9 Å². The summed E-state index contributed by atoms with van der Waals surface area (Å²) in [7, 11) is 1.66. The van der Waals surface area contributed by atoms with Crippen LogP contribution in [0.1, 0.15) is 5.82 Å². The molecule has 7 heteroatoms. The Balaban J connectivity index is 1.58. The van der Waals surface area contributed by atoms with Gasteiger partial charge < -0.3 is 4.74 Å². The fraction of sp³-hybridized carbons (Fsp3) is 0.118. The Morgan fingerprint density at radius 3 is 2.58 bits per heavy atom. The molecule has 0 unspecified atom stereocenters. The summed E-state index contributed by atoms with van der Waals surface area (Å²) in [6, 6.07) is 18.1. The molecule has 5 nitrogen and oxygen atoms in total. The van der Waals surface area contributed by atoms with Gasteiger partial charge in [-0.3, -0.25) is 0 Å². The van der Waals surface area contributed by atoms with Gasteiger partial charge in [0, 0.05) is 10.5 Å². The molecule has 0 aliphatic carbocycles. The van der Waals surface area contributed by atoms with Crippen LogP contribution in [0.4, 0.5) is 0 Å². The standard InChI is InChI=1S/C17H14N4OS2/c1-22-13-9-7-12(8-10-13)16-20-21-15(18-19-17(21)24-16)11-23-14-5-3-2-4-6-14/h2-10H,11H2,1H3. The van der Waals surface area contributed by atoms with Crippen molar-refractivity contribution in [2.75, 3.05) is 7.11 Å². The van der Waals surface area contributed by atoms with Crippen LogP contribution in [0.2, 0.25) is 0 Å². The molecule has 24 heavy (non-hydrogen) atoms. The largest absolute Gasteiger partial charge is 0.497 e. The minimum absolute atomic E-state index is 0.733. The van der Waals surface area contributed by atoms with Crippen LogP contribution in [0, 0.1) is 0 Å². The molecule has 0 radical (unpaired) electrons. The lowest BCUT2D eigenvalue weighted by Gasteiger charge is -2.00. The van der Waals surface area contributed by atoms with E-state index in [2.05, 4.69) is 27.4 Å². The number of benzene rings is 2. The van der Waals surface area contributed by atoms with Gasteiger partial charge in [0.25, 0.3) is 0 Å². The quantitative estimate of drug-likeness (QED) is 0.504. The van der Waals surface area contributed by atoms with Gasteiger partial charge in [-0.2, -0.15) is 9.61 Å². The molecule has 0 spiro atoms. The van der Waals surface area contributed by atoms with E-state index in [4.69, 9.17) is 4.74 Å². The lowest BCUT2D eigenvalue weighted by Crippen LogP contribution is -1.94. The van der Waals surface area contributed by atoms with Crippen molar-refractivity contribution in [2.45, 2.75) is 10.6 Å². The Kier molecular flexibility index (Phi) is 4.18. The Morgan fingerprint density at radius 1 is 1.04 bits per heavy atom. The first-order valence-electron chi connectivity index (χ1n) is 7.37. The van der Waals surface area contributed by atoms with Crippen molar-refractivity contribution in [3.05, 3.63) is 60.4 Å². The normalized spacial score (nSPS) is 11.0. The van der Waals surface area contributed by atoms with Gasteiger partial charge in [-0.25, -0.2) is 0 Å². The van der Waals surface area contributed by atoms with Gasteiger partial charge in [-0.15, -0.1) is 22.0 Å². The second kappa shape index (κ2) is 6.62. The van der Waals surface area contributed by atoms with Crippen molar-refractivity contribution in [3.63, 3.8) is 0 Å². The summed E-state index contributed by atoms with van der Waals surface area (Å²) in [5, 5.41) is 14.1. The summed E-state index contributed by atoms with van der Waals surface area (Å²) >= 11 is 3.26. The van der Waals surface area contributed by atoms with E-state index in [0.29, 0.717) is 0 Å². The van der Waals surface area contributed by atoms with Gasteiger partial charge in [0.15, 0.2) is 5.82 Å². The number of methoxy groups -OCH3 is 1. The van der Waals surface area contributed by atoms with E-state index in [1.165, 1.54) is 16.2 Å². The SMILES string of the molecule is COc1ccc(-c2nn3c(CSc4ccccc4)nnc3s2)cc1. The van der Waals surface area contributed by atoms with Crippen LogP contribution >= 0.6 is 23.1 Å². The zero-order valence-electron chi connectivity index (χ0n) is 12.9. The van der Waals surface area contributed by atoms with Crippen LogP contribution in [0.5, 0.6) is 5.75 Å². The number of hydrogen-bond donors (Lipinski definition) is 0. The molecule has 4 aromatic rings. The third-order valence-corrected chi connectivity index (χ3v) is 5.46. The Morgan fingerprint density at radius 2 is 1.83 bits per heavy atom. The first-order chi connectivity index (χ1) is 11.8. The smallest absolute Gasteiger partial charge is 0.235 e. The molecule has 2 heterocycles. The van der Waals surface area contributed by atoms with Crippen LogP contribution in [0.3, 0.4) is 0 Å². The highest BCUT2D eigenvalue weighted by molar-refractivity contribution is 7.98. The predicted octanol–water partition coefficient (Wildman–Crippen LogP) is 4.15. The Bertz CT molecular complexity index is 948. The topological polar surface area (TPSA) is 52.3 Å². The van der Waals surface area contributed by atoms with Crippen LogP contribution in [0.25, 0.3) is 15.5 Å². The van der Waals surface area contributed by atoms with Crippen molar-refractivity contribution < 1.29 is 4.74 Å². The summed E-state index contributed by atoms with van der Waals surface area (Å²) in [4.78, 5) is 2.02. The number of rotatable bonds is 5. The number of aromatic nitrogens is 4. The van der Waals surface area contributed by atoms with Gasteiger partial charge in [0.05, 0.1) is 12.9 Å². The molecule has 120 valence electrons. The first-order valence-corrected chi connectivity index (χ1v) is 9.17. The molecule has 0 saturated heterocycles. The monoisotopic (exact) mass is 354 g/mol. The highest BCUT2D eigenvalue weighted by Crippen LogP contribution is 2.28. The highest BCUT2D eigenvalue weighted by atomic mass is 32.2. The molecular weight excluding hydrogens is 340 g/mol. The van der Waals surface area contributed by atoms with Gasteiger partial charge >= 0.3 is 0 Å². The molecule has 0 atom stereocenters. The van der Waals surface area contributed by atoms with E-state index < -0.39 is 0 Å². The van der Waals surface area contributed by atoms with E-state index in [1.807, 2.05) is 47.0 Å². The van der Waals surface area contributed by atoms with Crippen LogP contribution in [-0.2, 0) is 5.75 Å². The zero-order chi connectivity index (χ0) is 16.4. The van der Waals surface area contributed by atoms with E-state index in [1.54, 1.807) is 18.9 Å². The van der Waals surface area contributed by atoms with Crippen molar-refractivity contribution in [1.29, 1.82) is 0 Å². The van der Waals surface area contributed by atoms with Crippen molar-refractivity contribution in [2.24, 2.45) is 0 Å². The van der Waals surface area contributed by atoms with Crippen LogP contribution in [0.15, 0.2) is 59.5 Å². The molecule has 0 amide bonds. The summed E-state index contributed by atoms with van der Waals surface area (Å²) in [5.41, 5.74) is 1.05. The van der Waals surface area contributed by atoms with E-state index in [-0.39, 0.29) is 0 Å². The fourth-order valence-corrected chi connectivity index (χ4v) is 3.95. The molecule has 4 rings (SSSR count). The van der Waals surface area contributed by atoms with E-state index >= 15 is 0 Å². The van der Waals surface area contributed by atoms with Crippen molar-refractivity contribution in [1.82, 2.24) is 19.8 Å². The van der Waals surface area contributed by atoms with Gasteiger partial charge in [0.2, 0.25) is 4.96 Å². The summed E-state index contributed by atoms with van der Waals surface area (Å²) < 4.78 is 7.03. The number of ether oxygens (including phenoxy) is 1. The molecular formula is C17H14N4OS2. The Labute approximate surface area is 147 Å². The zero-order valence-corrected chi connectivity index (χ0v) is 14.5. The Hall–Kier alpha value is -2.38. The van der Waals surface area contributed by atoms with Crippen molar-refractivity contribution in [3.8, 4) is 16.3 Å². The average molecular weight is 354 g/mol. The molecule has 0 aliphatic heterocycles. The predicted molar refractivity (Wildman–Crippen MR) is 96.7 cm³/mol. The average Bonchev–Trinajstić information content (AvgIpc) is 3.22. The van der Waals surface area contributed by atoms with Gasteiger partial charge in [-0.05, 0) is 36.4 Å². The maximum Gasteiger partial charge on any atom is 0.235 e. The molecule has 0 fully saturated rings. The van der Waals surface area contributed by atoms with Gasteiger partial charge in [-0.1, -0.05) is 29.5 Å². The third kappa shape index (κ3) is 3.00. The molecule has 0 bridgehead atoms. The highest BCUT2D eigenvalue weighted by Gasteiger charge is 2.13. The summed E-state index contributed by atoms with van der Waals surface area (Å²) in [6.45, 7) is 0. The van der Waals surface area contributed by atoms with Gasteiger partial charge in [0.1, 0.15) is 10.8 Å². The van der Waals surface area contributed by atoms with Crippen molar-refractivity contribution >= 4 is 28.1 Å². The second-order valence-electron chi connectivity index (χ2n) is 5.05. The molecule has 0 aliphatic rings. The minimum atomic E-state index is 0.733. The molecule has 2 aromatic carbocycles. The number of fused-ring (bicyclic) bond motifs is 1. The maximum atomic E-state index is 5.19. The maximum absolute atomic E-state index is 5.19. The molecule has 0 saturated carbocycles. The molecule has 0 N–H and O–H groups in total. The first kappa shape index (κ1) is 15.2. The number of thioether (sulfide) groups is 1. The second-order valence-corrected chi connectivity index (χ2v) is 7.05. The summed E-state index contributed by atoms with van der Waals surface area (Å²) in [5.74, 6) is 2.42. The lowest BCUT2D eigenvalue weighted by molar-refractivity contribution is 0.415.